The molecule has 0 amide bonds. The SMILES string of the molecule is CCSc1ccc2c(c1)[C@H](N1CCN(C)CC1)Cc1ccccc1S2. The van der Waals surface area contributed by atoms with Crippen LogP contribution in [0, 0.1) is 0 Å². The minimum Gasteiger partial charge on any atom is -0.304 e. The lowest BCUT2D eigenvalue weighted by Crippen LogP contribution is -2.46. The van der Waals surface area contributed by atoms with Gasteiger partial charge in [-0.2, -0.15) is 0 Å². The lowest BCUT2D eigenvalue weighted by Gasteiger charge is -2.38. The van der Waals surface area contributed by atoms with Gasteiger partial charge in [0.15, 0.2) is 0 Å². The van der Waals surface area contributed by atoms with Crippen LogP contribution in [0.3, 0.4) is 0 Å². The summed E-state index contributed by atoms with van der Waals surface area (Å²) >= 11 is 3.90. The summed E-state index contributed by atoms with van der Waals surface area (Å²) < 4.78 is 0. The highest BCUT2D eigenvalue weighted by Crippen LogP contribution is 2.44. The van der Waals surface area contributed by atoms with Crippen molar-refractivity contribution in [2.45, 2.75) is 34.1 Å². The van der Waals surface area contributed by atoms with E-state index in [1.807, 2.05) is 23.5 Å². The standard InChI is InChI=1S/C21H26N2S2/c1-3-24-17-8-9-21-18(15-17)19(23-12-10-22(2)11-13-23)14-16-6-4-5-7-20(16)25-21/h4-9,15,19H,3,10-14H2,1-2H3/t19-/m1/s1. The third-order valence-electron chi connectivity index (χ3n) is 5.24. The fourth-order valence-corrected chi connectivity index (χ4v) is 5.63. The summed E-state index contributed by atoms with van der Waals surface area (Å²) in [5, 5.41) is 0. The maximum Gasteiger partial charge on any atom is 0.0401 e. The Hall–Kier alpha value is -0.940. The van der Waals surface area contributed by atoms with E-state index >= 15 is 0 Å². The van der Waals surface area contributed by atoms with Gasteiger partial charge < -0.3 is 4.90 Å². The number of nitrogens with zero attached hydrogens (tertiary/aromatic N) is 2. The number of likely N-dealkylation sites (N-methyl/N-ethyl adjacent to an activating group) is 1. The van der Waals surface area contributed by atoms with E-state index in [2.05, 4.69) is 66.2 Å². The van der Waals surface area contributed by atoms with E-state index in [-0.39, 0.29) is 0 Å². The zero-order valence-corrected chi connectivity index (χ0v) is 16.7. The van der Waals surface area contributed by atoms with Crippen LogP contribution in [-0.4, -0.2) is 48.8 Å². The number of fused-ring (bicyclic) bond motifs is 2. The molecule has 0 unspecified atom stereocenters. The van der Waals surface area contributed by atoms with E-state index in [0.717, 1.165) is 12.2 Å². The Morgan fingerprint density at radius 2 is 1.84 bits per heavy atom. The minimum atomic E-state index is 0.497. The van der Waals surface area contributed by atoms with Crippen molar-refractivity contribution in [3.05, 3.63) is 53.6 Å². The summed E-state index contributed by atoms with van der Waals surface area (Å²) in [6.07, 6.45) is 1.13. The van der Waals surface area contributed by atoms with Crippen LogP contribution < -0.4 is 0 Å². The highest BCUT2D eigenvalue weighted by Gasteiger charge is 2.29. The molecule has 2 aliphatic rings. The number of rotatable bonds is 3. The second kappa shape index (κ2) is 7.75. The summed E-state index contributed by atoms with van der Waals surface area (Å²) in [5.74, 6) is 1.13. The molecule has 0 spiro atoms. The number of thioether (sulfide) groups is 1. The summed E-state index contributed by atoms with van der Waals surface area (Å²) in [6, 6.07) is 16.6. The van der Waals surface area contributed by atoms with Crippen molar-refractivity contribution in [2.75, 3.05) is 39.0 Å². The fraction of sp³-hybridized carbons (Fsp3) is 0.429. The number of hydrogen-bond donors (Lipinski definition) is 0. The molecule has 2 aromatic carbocycles. The fourth-order valence-electron chi connectivity index (χ4n) is 3.80. The first-order valence-electron chi connectivity index (χ1n) is 9.19. The van der Waals surface area contributed by atoms with Gasteiger partial charge in [0.05, 0.1) is 0 Å². The van der Waals surface area contributed by atoms with Crippen molar-refractivity contribution >= 4 is 23.5 Å². The quantitative estimate of drug-likeness (QED) is 0.716. The Labute approximate surface area is 160 Å². The molecule has 2 aromatic rings. The third kappa shape index (κ3) is 3.77. The van der Waals surface area contributed by atoms with Crippen LogP contribution in [0.25, 0.3) is 0 Å². The molecule has 1 atom stereocenters. The number of hydrogen-bond acceptors (Lipinski definition) is 4. The molecule has 4 heteroatoms. The van der Waals surface area contributed by atoms with Crippen molar-refractivity contribution in [3.8, 4) is 0 Å². The Bertz CT molecular complexity index is 738. The first-order chi connectivity index (χ1) is 12.2. The Morgan fingerprint density at radius 1 is 1.04 bits per heavy atom. The van der Waals surface area contributed by atoms with Crippen LogP contribution in [0.15, 0.2) is 57.2 Å². The van der Waals surface area contributed by atoms with Gasteiger partial charge in [-0.25, -0.2) is 0 Å². The Kier molecular flexibility index (Phi) is 5.41. The molecule has 132 valence electrons. The van der Waals surface area contributed by atoms with Crippen LogP contribution in [0.5, 0.6) is 0 Å². The van der Waals surface area contributed by atoms with Gasteiger partial charge in [-0.15, -0.1) is 11.8 Å². The molecule has 2 aliphatic heterocycles. The summed E-state index contributed by atoms with van der Waals surface area (Å²) in [7, 11) is 2.24. The highest BCUT2D eigenvalue weighted by molar-refractivity contribution is 7.99. The Morgan fingerprint density at radius 3 is 2.64 bits per heavy atom. The van der Waals surface area contributed by atoms with Gasteiger partial charge >= 0.3 is 0 Å². The third-order valence-corrected chi connectivity index (χ3v) is 7.32. The first kappa shape index (κ1) is 17.5. The predicted molar refractivity (Wildman–Crippen MR) is 109 cm³/mol. The van der Waals surface area contributed by atoms with E-state index < -0.39 is 0 Å². The molecule has 25 heavy (non-hydrogen) atoms. The molecule has 1 fully saturated rings. The molecule has 0 saturated carbocycles. The minimum absolute atomic E-state index is 0.497. The molecule has 2 heterocycles. The molecule has 2 nitrogen and oxygen atoms in total. The van der Waals surface area contributed by atoms with Crippen LogP contribution in [0.4, 0.5) is 0 Å². The van der Waals surface area contributed by atoms with Crippen molar-refractivity contribution in [3.63, 3.8) is 0 Å². The topological polar surface area (TPSA) is 6.48 Å². The van der Waals surface area contributed by atoms with E-state index in [1.165, 1.54) is 52.0 Å². The number of benzene rings is 2. The largest absolute Gasteiger partial charge is 0.304 e. The Balaban J connectivity index is 1.74. The van der Waals surface area contributed by atoms with Gasteiger partial charge in [-0.05, 0) is 54.6 Å². The molecular formula is C21H26N2S2. The van der Waals surface area contributed by atoms with Crippen LogP contribution in [0.2, 0.25) is 0 Å². The molecule has 0 N–H and O–H groups in total. The van der Waals surface area contributed by atoms with Gasteiger partial charge in [-0.3, -0.25) is 4.90 Å². The summed E-state index contributed by atoms with van der Waals surface area (Å²) in [5.41, 5.74) is 3.03. The van der Waals surface area contributed by atoms with Crippen LogP contribution >= 0.6 is 23.5 Å². The van der Waals surface area contributed by atoms with E-state index in [1.54, 1.807) is 0 Å². The second-order valence-electron chi connectivity index (χ2n) is 6.90. The second-order valence-corrected chi connectivity index (χ2v) is 9.32. The molecule has 1 saturated heterocycles. The maximum absolute atomic E-state index is 2.71. The van der Waals surface area contributed by atoms with Crippen molar-refractivity contribution in [2.24, 2.45) is 0 Å². The van der Waals surface area contributed by atoms with E-state index in [9.17, 15) is 0 Å². The van der Waals surface area contributed by atoms with Gasteiger partial charge in [-0.1, -0.05) is 36.9 Å². The molecule has 0 aliphatic carbocycles. The van der Waals surface area contributed by atoms with Gasteiger partial charge in [0.25, 0.3) is 0 Å². The smallest absolute Gasteiger partial charge is 0.0401 e. The molecule has 4 rings (SSSR count). The summed E-state index contributed by atoms with van der Waals surface area (Å²) in [6.45, 7) is 6.91. The van der Waals surface area contributed by atoms with E-state index in [0.29, 0.717) is 6.04 Å². The number of piperazine rings is 1. The van der Waals surface area contributed by atoms with Crippen LogP contribution in [0.1, 0.15) is 24.1 Å². The molecule has 0 bridgehead atoms. The zero-order chi connectivity index (χ0) is 17.2. The molecular weight excluding hydrogens is 344 g/mol. The average Bonchev–Trinajstić information content (AvgIpc) is 2.79. The normalized spacial score (nSPS) is 21.4. The monoisotopic (exact) mass is 370 g/mol. The predicted octanol–water partition coefficient (Wildman–Crippen LogP) is 4.79. The van der Waals surface area contributed by atoms with Crippen molar-refractivity contribution in [1.82, 2.24) is 9.80 Å². The molecule has 0 aromatic heterocycles. The molecule has 0 radical (unpaired) electrons. The van der Waals surface area contributed by atoms with Gasteiger partial charge in [0.2, 0.25) is 0 Å². The lowest BCUT2D eigenvalue weighted by atomic mass is 9.96. The van der Waals surface area contributed by atoms with Crippen LogP contribution in [-0.2, 0) is 6.42 Å². The first-order valence-corrected chi connectivity index (χ1v) is 11.0. The van der Waals surface area contributed by atoms with Crippen molar-refractivity contribution < 1.29 is 0 Å². The summed E-state index contributed by atoms with van der Waals surface area (Å²) in [4.78, 5) is 9.43. The van der Waals surface area contributed by atoms with Crippen molar-refractivity contribution in [1.29, 1.82) is 0 Å². The van der Waals surface area contributed by atoms with Gasteiger partial charge in [0, 0.05) is 46.9 Å². The maximum atomic E-state index is 2.71. The highest BCUT2D eigenvalue weighted by atomic mass is 32.2. The average molecular weight is 371 g/mol. The zero-order valence-electron chi connectivity index (χ0n) is 15.1. The van der Waals surface area contributed by atoms with Gasteiger partial charge in [0.1, 0.15) is 0 Å². The lowest BCUT2D eigenvalue weighted by molar-refractivity contribution is 0.109. The van der Waals surface area contributed by atoms with E-state index in [4.69, 9.17) is 0 Å².